The Kier molecular flexibility index (Phi) is 4.41. The van der Waals surface area contributed by atoms with Gasteiger partial charge in [-0.05, 0) is 43.5 Å². The highest BCUT2D eigenvalue weighted by molar-refractivity contribution is 7.89. The fraction of sp³-hybridized carbons (Fsp3) is 0.188. The molecule has 138 valence electrons. The molecule has 0 radical (unpaired) electrons. The van der Waals surface area contributed by atoms with Gasteiger partial charge in [-0.1, -0.05) is 11.6 Å². The van der Waals surface area contributed by atoms with Gasteiger partial charge in [-0.3, -0.25) is 0 Å². The van der Waals surface area contributed by atoms with Crippen molar-refractivity contribution in [2.24, 2.45) is 5.14 Å². The Morgan fingerprint density at radius 3 is 2.42 bits per heavy atom. The highest BCUT2D eigenvalue weighted by atomic mass is 32.2. The number of imidazole rings is 1. The van der Waals surface area contributed by atoms with Crippen LogP contribution in [0.4, 0.5) is 13.2 Å². The summed E-state index contributed by atoms with van der Waals surface area (Å²) in [4.78, 5) is 3.61. The second-order valence-electron chi connectivity index (χ2n) is 5.78. The molecule has 1 aromatic heterocycles. The quantitative estimate of drug-likeness (QED) is 0.851. The van der Waals surface area contributed by atoms with Crippen LogP contribution in [0.3, 0.4) is 0 Å². The van der Waals surface area contributed by atoms with Crippen molar-refractivity contribution < 1.29 is 21.6 Å². The number of benzene rings is 1. The highest BCUT2D eigenvalue weighted by Gasteiger charge is 2.36. The zero-order chi connectivity index (χ0) is 19.1. The molecule has 0 saturated heterocycles. The average Bonchev–Trinajstić information content (AvgIpc) is 3.00. The summed E-state index contributed by atoms with van der Waals surface area (Å²) in [6.45, 7) is 1.82. The number of allylic oxidation sites excluding steroid dienone is 2. The number of primary sulfonamides is 1. The summed E-state index contributed by atoms with van der Waals surface area (Å²) in [5.41, 5.74) is 0.171. The largest absolute Gasteiger partial charge is 0.434 e. The molecule has 3 N–H and O–H groups in total. The summed E-state index contributed by atoms with van der Waals surface area (Å²) in [6, 6.07) is 4.66. The van der Waals surface area contributed by atoms with Crippen molar-refractivity contribution in [1.29, 1.82) is 0 Å². The molecule has 0 spiro atoms. The number of nitrogens with one attached hydrogen (secondary N) is 1. The van der Waals surface area contributed by atoms with Gasteiger partial charge >= 0.3 is 6.18 Å². The molecule has 26 heavy (non-hydrogen) atoms. The van der Waals surface area contributed by atoms with Crippen LogP contribution < -0.4 is 10.5 Å². The van der Waals surface area contributed by atoms with E-state index in [1.54, 1.807) is 18.4 Å². The van der Waals surface area contributed by atoms with Crippen LogP contribution >= 0.6 is 0 Å². The zero-order valence-electron chi connectivity index (χ0n) is 13.5. The lowest BCUT2D eigenvalue weighted by atomic mass is 10.1. The minimum Gasteiger partial charge on any atom is -0.378 e. The maximum Gasteiger partial charge on any atom is 0.434 e. The van der Waals surface area contributed by atoms with Gasteiger partial charge in [-0.2, -0.15) is 13.2 Å². The number of halogens is 3. The van der Waals surface area contributed by atoms with Gasteiger partial charge in [0.1, 0.15) is 11.9 Å². The van der Waals surface area contributed by atoms with E-state index in [0.29, 0.717) is 5.69 Å². The van der Waals surface area contributed by atoms with Crippen LogP contribution in [-0.4, -0.2) is 18.0 Å². The molecule has 1 atom stereocenters. The first kappa shape index (κ1) is 18.2. The van der Waals surface area contributed by atoms with E-state index < -0.39 is 27.9 Å². The number of aromatic nitrogens is 2. The van der Waals surface area contributed by atoms with Gasteiger partial charge in [0.2, 0.25) is 10.0 Å². The third-order valence-electron chi connectivity index (χ3n) is 3.80. The molecular formula is C16H15F3N4O2S. The van der Waals surface area contributed by atoms with Crippen molar-refractivity contribution in [2.75, 3.05) is 0 Å². The molecule has 1 unspecified atom stereocenters. The minimum atomic E-state index is -4.61. The van der Waals surface area contributed by atoms with Gasteiger partial charge < -0.3 is 9.88 Å². The molecular weight excluding hydrogens is 369 g/mol. The summed E-state index contributed by atoms with van der Waals surface area (Å²) >= 11 is 0. The van der Waals surface area contributed by atoms with Crippen LogP contribution in [0.25, 0.3) is 5.69 Å². The molecule has 0 aliphatic carbocycles. The molecule has 1 aliphatic heterocycles. The first-order valence-electron chi connectivity index (χ1n) is 7.46. The Labute approximate surface area is 147 Å². The number of sulfonamides is 1. The maximum absolute atomic E-state index is 13.1. The molecule has 0 saturated carbocycles. The number of alkyl halides is 3. The SMILES string of the molecule is CC1=CC(c2nc(C(F)(F)F)cn2-c2ccc(S(N)(=O)=O)cc2)NC=C1. The van der Waals surface area contributed by atoms with Crippen molar-refractivity contribution in [3.05, 3.63) is 65.9 Å². The Morgan fingerprint density at radius 2 is 1.88 bits per heavy atom. The molecule has 3 rings (SSSR count). The fourth-order valence-electron chi connectivity index (χ4n) is 2.55. The number of nitrogens with two attached hydrogens (primary N) is 1. The summed E-state index contributed by atoms with van der Waals surface area (Å²) < 4.78 is 63.4. The minimum absolute atomic E-state index is 0.129. The summed E-state index contributed by atoms with van der Waals surface area (Å²) in [5.74, 6) is 0.129. The third kappa shape index (κ3) is 3.65. The standard InChI is InChI=1S/C16H15F3N4O2S/c1-10-6-7-21-13(8-10)15-22-14(16(17,18)19)9-23(15)11-2-4-12(5-3-11)26(20,24)25/h2-9,13,21H,1H3,(H2,20,24,25). The molecule has 0 amide bonds. The normalized spacial score (nSPS) is 17.7. The molecule has 6 nitrogen and oxygen atoms in total. The second kappa shape index (κ2) is 6.29. The number of hydrogen-bond donors (Lipinski definition) is 2. The van der Waals surface area contributed by atoms with Gasteiger partial charge in [0, 0.05) is 11.9 Å². The van der Waals surface area contributed by atoms with Crippen molar-refractivity contribution >= 4 is 10.0 Å². The van der Waals surface area contributed by atoms with E-state index in [2.05, 4.69) is 10.3 Å². The van der Waals surface area contributed by atoms with E-state index in [1.165, 1.54) is 28.8 Å². The van der Waals surface area contributed by atoms with E-state index in [4.69, 9.17) is 5.14 Å². The van der Waals surface area contributed by atoms with Crippen molar-refractivity contribution in [2.45, 2.75) is 24.0 Å². The third-order valence-corrected chi connectivity index (χ3v) is 4.73. The Hall–Kier alpha value is -2.59. The van der Waals surface area contributed by atoms with E-state index in [0.717, 1.165) is 11.8 Å². The van der Waals surface area contributed by atoms with Gasteiger partial charge in [0.25, 0.3) is 0 Å². The lowest BCUT2D eigenvalue weighted by Gasteiger charge is -2.19. The topological polar surface area (TPSA) is 90.0 Å². The van der Waals surface area contributed by atoms with Crippen LogP contribution in [0.15, 0.2) is 59.3 Å². The molecule has 10 heteroatoms. The monoisotopic (exact) mass is 384 g/mol. The Bertz CT molecular complexity index is 989. The van der Waals surface area contributed by atoms with Crippen LogP contribution in [0.2, 0.25) is 0 Å². The van der Waals surface area contributed by atoms with Gasteiger partial charge in [0.15, 0.2) is 5.69 Å². The Morgan fingerprint density at radius 1 is 1.23 bits per heavy atom. The molecule has 2 aromatic rings. The number of rotatable bonds is 3. The lowest BCUT2D eigenvalue weighted by molar-refractivity contribution is -0.141. The average molecular weight is 384 g/mol. The molecule has 2 heterocycles. The molecule has 0 bridgehead atoms. The first-order valence-corrected chi connectivity index (χ1v) is 9.01. The van der Waals surface area contributed by atoms with Gasteiger partial charge in [0.05, 0.1) is 4.90 Å². The van der Waals surface area contributed by atoms with Gasteiger partial charge in [-0.15, -0.1) is 0 Å². The molecule has 1 aliphatic rings. The summed E-state index contributed by atoms with van der Waals surface area (Å²) in [6.07, 6.45) is 1.44. The number of nitrogens with zero attached hydrogens (tertiary/aromatic N) is 2. The highest BCUT2D eigenvalue weighted by Crippen LogP contribution is 2.32. The molecule has 1 aromatic carbocycles. The van der Waals surface area contributed by atoms with Crippen LogP contribution in [-0.2, 0) is 16.2 Å². The predicted molar refractivity (Wildman–Crippen MR) is 88.7 cm³/mol. The van der Waals surface area contributed by atoms with Crippen molar-refractivity contribution in [3.63, 3.8) is 0 Å². The zero-order valence-corrected chi connectivity index (χ0v) is 14.3. The van der Waals surface area contributed by atoms with E-state index in [-0.39, 0.29) is 10.7 Å². The lowest BCUT2D eigenvalue weighted by Crippen LogP contribution is -2.20. The van der Waals surface area contributed by atoms with E-state index in [1.807, 2.05) is 6.92 Å². The maximum atomic E-state index is 13.1. The fourth-order valence-corrected chi connectivity index (χ4v) is 3.07. The van der Waals surface area contributed by atoms with Crippen molar-refractivity contribution in [1.82, 2.24) is 14.9 Å². The van der Waals surface area contributed by atoms with Gasteiger partial charge in [-0.25, -0.2) is 18.5 Å². The van der Waals surface area contributed by atoms with Crippen LogP contribution in [0.1, 0.15) is 24.5 Å². The first-order chi connectivity index (χ1) is 12.1. The molecule has 0 fully saturated rings. The Balaban J connectivity index is 2.11. The summed E-state index contributed by atoms with van der Waals surface area (Å²) in [7, 11) is -3.89. The van der Waals surface area contributed by atoms with E-state index in [9.17, 15) is 21.6 Å². The number of dihydropyridines is 1. The number of hydrogen-bond acceptors (Lipinski definition) is 4. The van der Waals surface area contributed by atoms with Crippen LogP contribution in [0.5, 0.6) is 0 Å². The second-order valence-corrected chi connectivity index (χ2v) is 7.34. The van der Waals surface area contributed by atoms with Crippen molar-refractivity contribution in [3.8, 4) is 5.69 Å². The van der Waals surface area contributed by atoms with E-state index >= 15 is 0 Å². The predicted octanol–water partition coefficient (Wildman–Crippen LogP) is 2.64. The summed E-state index contributed by atoms with van der Waals surface area (Å²) in [5, 5.41) is 8.00. The van der Waals surface area contributed by atoms with Crippen LogP contribution in [0, 0.1) is 0 Å². The smallest absolute Gasteiger partial charge is 0.378 e.